The van der Waals surface area contributed by atoms with E-state index in [1.165, 1.54) is 186 Å². The number of hydrogen-bond acceptors (Lipinski definition) is 3. The largest absolute Gasteiger partial charge is 0.481 e. The summed E-state index contributed by atoms with van der Waals surface area (Å²) in [5.41, 5.74) is 0. The first-order valence-corrected chi connectivity index (χ1v) is 23.1. The standard InChI is InChI=1S/C42H84O4S/c1-4-6-8-10-12-14-16-18-20-22-24-26-28-32-36-45-39-41(40-47(3)38-34-30-31-35-42(43)44)46-37-33-29-27-25-23-21-19-17-15-13-11-9-7-5-2/h41H,4-40H2,1-3H3/p+1. The van der Waals surface area contributed by atoms with Crippen molar-refractivity contribution < 1.29 is 19.4 Å². The number of carbonyl (C=O) groups is 1. The van der Waals surface area contributed by atoms with E-state index in [4.69, 9.17) is 14.6 Å². The molecule has 4 nitrogen and oxygen atoms in total. The van der Waals surface area contributed by atoms with Crippen molar-refractivity contribution in [2.24, 2.45) is 0 Å². The minimum Gasteiger partial charge on any atom is -0.481 e. The van der Waals surface area contributed by atoms with Crippen LogP contribution in [0.5, 0.6) is 0 Å². The van der Waals surface area contributed by atoms with Gasteiger partial charge in [-0.3, -0.25) is 4.79 Å². The lowest BCUT2D eigenvalue weighted by molar-refractivity contribution is -0.137. The maximum atomic E-state index is 10.8. The van der Waals surface area contributed by atoms with Crippen molar-refractivity contribution in [2.45, 2.75) is 225 Å². The highest BCUT2D eigenvalue weighted by molar-refractivity contribution is 7.96. The summed E-state index contributed by atoms with van der Waals surface area (Å²) in [5.74, 6) is 1.58. The lowest BCUT2D eigenvalue weighted by Gasteiger charge is -2.18. The highest BCUT2D eigenvalue weighted by Crippen LogP contribution is 2.15. The van der Waals surface area contributed by atoms with Crippen LogP contribution in [0.25, 0.3) is 0 Å². The zero-order valence-corrected chi connectivity index (χ0v) is 33.1. The lowest BCUT2D eigenvalue weighted by atomic mass is 10.0. The van der Waals surface area contributed by atoms with Crippen molar-refractivity contribution in [3.63, 3.8) is 0 Å². The minimum absolute atomic E-state index is 0.205. The third-order valence-corrected chi connectivity index (χ3v) is 11.6. The predicted octanol–water partition coefficient (Wildman–Crippen LogP) is 13.2. The number of rotatable bonds is 41. The Morgan fingerprint density at radius 1 is 0.511 bits per heavy atom. The van der Waals surface area contributed by atoms with Gasteiger partial charge in [-0.15, -0.1) is 0 Å². The summed E-state index contributed by atoms with van der Waals surface area (Å²) in [7, 11) is 0.297. The van der Waals surface area contributed by atoms with Crippen LogP contribution in [0.3, 0.4) is 0 Å². The maximum Gasteiger partial charge on any atom is 0.303 e. The molecule has 0 aliphatic carbocycles. The van der Waals surface area contributed by atoms with Gasteiger partial charge in [0, 0.05) is 19.6 Å². The van der Waals surface area contributed by atoms with E-state index >= 15 is 0 Å². The normalized spacial score (nSPS) is 12.9. The van der Waals surface area contributed by atoms with Gasteiger partial charge in [0.2, 0.25) is 0 Å². The van der Waals surface area contributed by atoms with Gasteiger partial charge >= 0.3 is 5.97 Å². The monoisotopic (exact) mass is 686 g/mol. The molecule has 2 unspecified atom stereocenters. The predicted molar refractivity (Wildman–Crippen MR) is 210 cm³/mol. The van der Waals surface area contributed by atoms with E-state index < -0.39 is 5.97 Å². The van der Waals surface area contributed by atoms with Crippen LogP contribution >= 0.6 is 0 Å². The summed E-state index contributed by atoms with van der Waals surface area (Å²) in [6, 6.07) is 0. The molecule has 0 aromatic carbocycles. The molecule has 0 aromatic heterocycles. The van der Waals surface area contributed by atoms with Gasteiger partial charge < -0.3 is 14.6 Å². The molecule has 0 radical (unpaired) electrons. The molecule has 0 aromatic rings. The van der Waals surface area contributed by atoms with Gasteiger partial charge in [-0.1, -0.05) is 181 Å². The van der Waals surface area contributed by atoms with Crippen LogP contribution in [-0.4, -0.2) is 54.8 Å². The van der Waals surface area contributed by atoms with Gasteiger partial charge in [0.05, 0.1) is 12.9 Å². The van der Waals surface area contributed by atoms with Crippen molar-refractivity contribution in [3.8, 4) is 0 Å². The van der Waals surface area contributed by atoms with Crippen molar-refractivity contribution in [1.29, 1.82) is 0 Å². The van der Waals surface area contributed by atoms with Crippen LogP contribution in [0, 0.1) is 0 Å². The Morgan fingerprint density at radius 3 is 1.28 bits per heavy atom. The topological polar surface area (TPSA) is 55.8 Å². The molecule has 0 bridgehead atoms. The molecule has 0 heterocycles. The van der Waals surface area contributed by atoms with Crippen molar-refractivity contribution in [2.75, 3.05) is 37.6 Å². The molecule has 0 saturated carbocycles. The Labute approximate surface area is 298 Å². The van der Waals surface area contributed by atoms with Crippen LogP contribution in [0.15, 0.2) is 0 Å². The van der Waals surface area contributed by atoms with Gasteiger partial charge in [0.1, 0.15) is 17.6 Å². The van der Waals surface area contributed by atoms with E-state index in [0.29, 0.717) is 17.3 Å². The number of carboxylic acids is 1. The van der Waals surface area contributed by atoms with E-state index in [9.17, 15) is 4.79 Å². The quantitative estimate of drug-likeness (QED) is 0.0514. The Balaban J connectivity index is 3.95. The molecule has 2 atom stereocenters. The molecule has 0 aliphatic rings. The molecule has 1 N–H and O–H groups in total. The van der Waals surface area contributed by atoms with E-state index in [2.05, 4.69) is 20.1 Å². The highest BCUT2D eigenvalue weighted by Gasteiger charge is 2.20. The van der Waals surface area contributed by atoms with Crippen LogP contribution < -0.4 is 0 Å². The number of hydrogen-bond donors (Lipinski definition) is 1. The third kappa shape index (κ3) is 40.1. The average molecular weight is 686 g/mol. The Bertz CT molecular complexity index is 601. The SMILES string of the molecule is CCCCCCCCCCCCCCCCOCC(C[S+](C)CCCCCC(=O)O)OCCCCCCCCCCCCCCCC. The summed E-state index contributed by atoms with van der Waals surface area (Å²) >= 11 is 0. The molecule has 282 valence electrons. The smallest absolute Gasteiger partial charge is 0.303 e. The number of carboxylic acid groups (broad SMARTS) is 1. The Hall–Kier alpha value is -0.260. The zero-order valence-electron chi connectivity index (χ0n) is 32.3. The second kappa shape index (κ2) is 40.2. The van der Waals surface area contributed by atoms with Crippen molar-refractivity contribution in [1.82, 2.24) is 0 Å². The molecule has 0 amide bonds. The fourth-order valence-electron chi connectivity index (χ4n) is 6.51. The molecule has 0 saturated heterocycles. The highest BCUT2D eigenvalue weighted by atomic mass is 32.2. The molecule has 0 aliphatic heterocycles. The molecule has 47 heavy (non-hydrogen) atoms. The summed E-state index contributed by atoms with van der Waals surface area (Å²) in [4.78, 5) is 10.8. The second-order valence-electron chi connectivity index (χ2n) is 14.6. The summed E-state index contributed by atoms with van der Waals surface area (Å²) in [6.07, 6.45) is 44.6. The average Bonchev–Trinajstić information content (AvgIpc) is 3.05. The van der Waals surface area contributed by atoms with Crippen molar-refractivity contribution in [3.05, 3.63) is 0 Å². The first-order valence-electron chi connectivity index (χ1n) is 21.1. The third-order valence-electron chi connectivity index (χ3n) is 9.65. The molecular formula is C42H85O4S+. The summed E-state index contributed by atoms with van der Waals surface area (Å²) < 4.78 is 12.6. The van der Waals surface area contributed by atoms with Crippen LogP contribution in [0.1, 0.15) is 219 Å². The van der Waals surface area contributed by atoms with Crippen LogP contribution in [0.4, 0.5) is 0 Å². The van der Waals surface area contributed by atoms with Gasteiger partial charge in [-0.05, 0) is 43.0 Å². The Morgan fingerprint density at radius 2 is 0.872 bits per heavy atom. The molecule has 0 spiro atoms. The first kappa shape index (κ1) is 46.7. The Kier molecular flexibility index (Phi) is 39.9. The molecule has 0 fully saturated rings. The molecule has 0 rings (SSSR count). The number of aliphatic carboxylic acids is 1. The fourth-order valence-corrected chi connectivity index (χ4v) is 8.20. The second-order valence-corrected chi connectivity index (χ2v) is 16.9. The van der Waals surface area contributed by atoms with E-state index in [1.54, 1.807) is 0 Å². The minimum atomic E-state index is -0.673. The fraction of sp³-hybridized carbons (Fsp3) is 0.976. The summed E-state index contributed by atoms with van der Waals surface area (Å²) in [5, 5.41) is 8.88. The zero-order chi connectivity index (χ0) is 34.3. The molecular weight excluding hydrogens is 601 g/mol. The van der Waals surface area contributed by atoms with Gasteiger partial charge in [-0.25, -0.2) is 0 Å². The van der Waals surface area contributed by atoms with Crippen LogP contribution in [0.2, 0.25) is 0 Å². The van der Waals surface area contributed by atoms with Gasteiger partial charge in [0.25, 0.3) is 0 Å². The van der Waals surface area contributed by atoms with E-state index in [1.807, 2.05) is 0 Å². The van der Waals surface area contributed by atoms with Gasteiger partial charge in [-0.2, -0.15) is 0 Å². The lowest BCUT2D eigenvalue weighted by Crippen LogP contribution is -2.30. The van der Waals surface area contributed by atoms with E-state index in [-0.39, 0.29) is 6.10 Å². The summed E-state index contributed by atoms with van der Waals surface area (Å²) in [6.45, 7) is 7.04. The van der Waals surface area contributed by atoms with E-state index in [0.717, 1.165) is 44.8 Å². The van der Waals surface area contributed by atoms with Gasteiger partial charge in [0.15, 0.2) is 0 Å². The first-order chi connectivity index (χ1) is 23.1. The number of ether oxygens (including phenoxy) is 2. The van der Waals surface area contributed by atoms with Crippen LogP contribution in [-0.2, 0) is 25.2 Å². The maximum absolute atomic E-state index is 10.8. The molecule has 5 heteroatoms. The number of unbranched alkanes of at least 4 members (excludes halogenated alkanes) is 28. The van der Waals surface area contributed by atoms with Crippen molar-refractivity contribution >= 4 is 16.9 Å².